The Hall–Kier alpha value is -3.35. The first-order valence-electron chi connectivity index (χ1n) is 13.0. The monoisotopic (exact) mass is 606 g/mol. The van der Waals surface area contributed by atoms with Crippen molar-refractivity contribution in [2.75, 3.05) is 6.61 Å². The lowest BCUT2D eigenvalue weighted by molar-refractivity contribution is -0.143. The number of nitrogens with one attached hydrogen (secondary N) is 1. The van der Waals surface area contributed by atoms with E-state index in [1.54, 1.807) is 11.0 Å². The molecule has 0 aliphatic carbocycles. The number of halogens is 2. The molecule has 2 atom stereocenters. The molecule has 7 heteroatoms. The highest BCUT2D eigenvalue weighted by atomic mass is 79.9. The number of benzene rings is 4. The Morgan fingerprint density at radius 1 is 0.949 bits per heavy atom. The van der Waals surface area contributed by atoms with Crippen LogP contribution in [0.1, 0.15) is 31.4 Å². The van der Waals surface area contributed by atoms with Crippen LogP contribution in [0.4, 0.5) is 0 Å². The van der Waals surface area contributed by atoms with E-state index in [1.165, 1.54) is 0 Å². The van der Waals surface area contributed by atoms with Crippen LogP contribution in [-0.2, 0) is 22.6 Å². The fourth-order valence-corrected chi connectivity index (χ4v) is 5.16. The van der Waals surface area contributed by atoms with Crippen molar-refractivity contribution in [3.8, 4) is 5.75 Å². The summed E-state index contributed by atoms with van der Waals surface area (Å²) in [4.78, 5) is 29.1. The van der Waals surface area contributed by atoms with Crippen LogP contribution in [0.15, 0.2) is 95.5 Å². The SMILES string of the molecule is CC[C@H](C)NC(=O)[C@@H](Cc1ccccc1)N(Cc1ccccc1Cl)C(=O)COc1ccc2ccccc2c1Br. The molecule has 4 aromatic rings. The van der Waals surface area contributed by atoms with Gasteiger partial charge in [-0.25, -0.2) is 0 Å². The Morgan fingerprint density at radius 3 is 2.38 bits per heavy atom. The molecule has 0 saturated heterocycles. The van der Waals surface area contributed by atoms with Crippen LogP contribution in [0, 0.1) is 0 Å². The van der Waals surface area contributed by atoms with Crippen LogP contribution >= 0.6 is 27.5 Å². The second-order valence-corrected chi connectivity index (χ2v) is 10.7. The average Bonchev–Trinajstić information content (AvgIpc) is 2.95. The molecule has 4 rings (SSSR count). The lowest BCUT2D eigenvalue weighted by Crippen LogP contribution is -2.53. The highest BCUT2D eigenvalue weighted by Crippen LogP contribution is 2.33. The second kappa shape index (κ2) is 13.6. The van der Waals surface area contributed by atoms with Gasteiger partial charge in [0.25, 0.3) is 5.91 Å². The van der Waals surface area contributed by atoms with E-state index in [0.29, 0.717) is 17.2 Å². The zero-order valence-electron chi connectivity index (χ0n) is 22.1. The molecular formula is C32H32BrClN2O3. The standard InChI is InChI=1S/C32H32BrClN2O3/c1-3-22(2)35-32(38)28(19-23-11-5-4-6-12-23)36(20-25-14-8-10-16-27(25)34)30(37)21-39-29-18-17-24-13-7-9-15-26(24)31(29)33/h4-18,22,28H,3,19-21H2,1-2H3,(H,35,38)/t22-,28+/m0/s1. The summed E-state index contributed by atoms with van der Waals surface area (Å²) in [5.74, 6) is 0.0408. The minimum atomic E-state index is -0.756. The van der Waals surface area contributed by atoms with Gasteiger partial charge in [-0.1, -0.05) is 97.4 Å². The van der Waals surface area contributed by atoms with Gasteiger partial charge in [-0.3, -0.25) is 9.59 Å². The summed E-state index contributed by atoms with van der Waals surface area (Å²) in [5.41, 5.74) is 1.71. The molecule has 0 aliphatic rings. The van der Waals surface area contributed by atoms with Crippen LogP contribution in [0.2, 0.25) is 5.02 Å². The van der Waals surface area contributed by atoms with Crippen LogP contribution in [0.25, 0.3) is 10.8 Å². The molecule has 0 heterocycles. The first kappa shape index (κ1) is 28.7. The van der Waals surface area contributed by atoms with Crippen molar-refractivity contribution < 1.29 is 14.3 Å². The van der Waals surface area contributed by atoms with Crippen molar-refractivity contribution in [2.45, 2.75) is 45.3 Å². The summed E-state index contributed by atoms with van der Waals surface area (Å²) >= 11 is 10.1. The van der Waals surface area contributed by atoms with E-state index in [0.717, 1.165) is 32.8 Å². The van der Waals surface area contributed by atoms with E-state index in [1.807, 2.05) is 98.8 Å². The molecule has 202 valence electrons. The van der Waals surface area contributed by atoms with Gasteiger partial charge in [0, 0.05) is 24.0 Å². The molecule has 0 fully saturated rings. The van der Waals surface area contributed by atoms with E-state index >= 15 is 0 Å². The number of ether oxygens (including phenoxy) is 1. The van der Waals surface area contributed by atoms with Crippen LogP contribution in [-0.4, -0.2) is 35.4 Å². The summed E-state index contributed by atoms with van der Waals surface area (Å²) in [6.45, 7) is 3.91. The van der Waals surface area contributed by atoms with Crippen molar-refractivity contribution in [1.82, 2.24) is 10.2 Å². The van der Waals surface area contributed by atoms with Crippen molar-refractivity contribution in [3.05, 3.63) is 112 Å². The number of fused-ring (bicyclic) bond motifs is 1. The molecule has 0 spiro atoms. The maximum absolute atomic E-state index is 13.9. The summed E-state index contributed by atoms with van der Waals surface area (Å²) in [6, 6.07) is 28.0. The molecule has 0 aliphatic heterocycles. The average molecular weight is 608 g/mol. The van der Waals surface area contributed by atoms with Crippen LogP contribution in [0.3, 0.4) is 0 Å². The summed E-state index contributed by atoms with van der Waals surface area (Å²) < 4.78 is 6.81. The Kier molecular flexibility index (Phi) is 10.0. The van der Waals surface area contributed by atoms with Crippen molar-refractivity contribution >= 4 is 50.1 Å². The van der Waals surface area contributed by atoms with E-state index in [2.05, 4.69) is 21.2 Å². The quantitative estimate of drug-likeness (QED) is 0.196. The fraction of sp³-hybridized carbons (Fsp3) is 0.250. The number of nitrogens with zero attached hydrogens (tertiary/aromatic N) is 1. The summed E-state index contributed by atoms with van der Waals surface area (Å²) in [7, 11) is 0. The van der Waals surface area contributed by atoms with E-state index in [-0.39, 0.29) is 31.0 Å². The zero-order valence-corrected chi connectivity index (χ0v) is 24.4. The van der Waals surface area contributed by atoms with Gasteiger partial charge in [0.1, 0.15) is 11.8 Å². The maximum Gasteiger partial charge on any atom is 0.261 e. The molecule has 1 N–H and O–H groups in total. The molecule has 0 saturated carbocycles. The van der Waals surface area contributed by atoms with Gasteiger partial charge < -0.3 is 15.0 Å². The third-order valence-corrected chi connectivity index (χ3v) is 7.94. The van der Waals surface area contributed by atoms with Gasteiger partial charge in [-0.2, -0.15) is 0 Å². The Morgan fingerprint density at radius 2 is 1.64 bits per heavy atom. The first-order valence-corrected chi connectivity index (χ1v) is 14.2. The second-order valence-electron chi connectivity index (χ2n) is 9.52. The van der Waals surface area contributed by atoms with Crippen LogP contribution < -0.4 is 10.1 Å². The number of carbonyl (C=O) groups excluding carboxylic acids is 2. The number of carbonyl (C=O) groups is 2. The largest absolute Gasteiger partial charge is 0.483 e. The maximum atomic E-state index is 13.9. The lowest BCUT2D eigenvalue weighted by Gasteiger charge is -2.32. The molecule has 2 amide bonds. The Labute approximate surface area is 243 Å². The third kappa shape index (κ3) is 7.40. The smallest absolute Gasteiger partial charge is 0.261 e. The normalized spacial score (nSPS) is 12.5. The molecule has 0 radical (unpaired) electrons. The predicted molar refractivity (Wildman–Crippen MR) is 161 cm³/mol. The minimum Gasteiger partial charge on any atom is -0.483 e. The summed E-state index contributed by atoms with van der Waals surface area (Å²) in [6.07, 6.45) is 1.14. The fourth-order valence-electron chi connectivity index (χ4n) is 4.35. The zero-order chi connectivity index (χ0) is 27.8. The van der Waals surface area contributed by atoms with Crippen molar-refractivity contribution in [1.29, 1.82) is 0 Å². The van der Waals surface area contributed by atoms with Gasteiger partial charge in [0.05, 0.1) is 4.47 Å². The first-order chi connectivity index (χ1) is 18.9. The molecule has 5 nitrogen and oxygen atoms in total. The van der Waals surface area contributed by atoms with E-state index in [9.17, 15) is 9.59 Å². The van der Waals surface area contributed by atoms with E-state index in [4.69, 9.17) is 16.3 Å². The molecule has 4 aromatic carbocycles. The number of hydrogen-bond acceptors (Lipinski definition) is 3. The minimum absolute atomic E-state index is 0.0298. The topological polar surface area (TPSA) is 58.6 Å². The number of amides is 2. The molecule has 0 aromatic heterocycles. The van der Waals surface area contributed by atoms with E-state index < -0.39 is 6.04 Å². The van der Waals surface area contributed by atoms with Gasteiger partial charge in [0.2, 0.25) is 5.91 Å². The van der Waals surface area contributed by atoms with Crippen LogP contribution in [0.5, 0.6) is 5.75 Å². The van der Waals surface area contributed by atoms with Gasteiger partial charge in [0.15, 0.2) is 6.61 Å². The lowest BCUT2D eigenvalue weighted by atomic mass is 10.0. The molecule has 0 unspecified atom stereocenters. The van der Waals surface area contributed by atoms with Gasteiger partial charge >= 0.3 is 0 Å². The van der Waals surface area contributed by atoms with Gasteiger partial charge in [-0.05, 0) is 63.3 Å². The Balaban J connectivity index is 1.65. The van der Waals surface area contributed by atoms with Crippen molar-refractivity contribution in [3.63, 3.8) is 0 Å². The van der Waals surface area contributed by atoms with Gasteiger partial charge in [-0.15, -0.1) is 0 Å². The summed E-state index contributed by atoms with van der Waals surface area (Å²) in [5, 5.41) is 5.66. The number of hydrogen-bond donors (Lipinski definition) is 1. The Bertz CT molecular complexity index is 1430. The molecule has 39 heavy (non-hydrogen) atoms. The highest BCUT2D eigenvalue weighted by Gasteiger charge is 2.31. The predicted octanol–water partition coefficient (Wildman–Crippen LogP) is 7.19. The highest BCUT2D eigenvalue weighted by molar-refractivity contribution is 9.10. The van der Waals surface area contributed by atoms with Crippen molar-refractivity contribution in [2.24, 2.45) is 0 Å². The molecule has 0 bridgehead atoms. The number of rotatable bonds is 11. The third-order valence-electron chi connectivity index (χ3n) is 6.75. The molecular weight excluding hydrogens is 576 g/mol.